The molecule has 0 fully saturated rings. The summed E-state index contributed by atoms with van der Waals surface area (Å²) in [5.41, 5.74) is 4.41. The molecule has 0 amide bonds. The van der Waals surface area contributed by atoms with Crippen LogP contribution in [0.25, 0.3) is 0 Å². The maximum Gasteiger partial charge on any atom is 0.130 e. The van der Waals surface area contributed by atoms with E-state index in [1.54, 1.807) is 40.6 Å². The van der Waals surface area contributed by atoms with E-state index in [9.17, 15) is 4.39 Å². The smallest absolute Gasteiger partial charge is 0.130 e. The van der Waals surface area contributed by atoms with Crippen molar-refractivity contribution in [2.45, 2.75) is 66.2 Å². The van der Waals surface area contributed by atoms with Gasteiger partial charge in [0.05, 0.1) is 28.4 Å². The second kappa shape index (κ2) is 15.8. The molecule has 0 spiro atoms. The van der Waals surface area contributed by atoms with Crippen molar-refractivity contribution in [2.75, 3.05) is 28.4 Å². The molecule has 0 atom stereocenters. The minimum absolute atomic E-state index is 0.154. The Kier molecular flexibility index (Phi) is 13.6. The highest BCUT2D eigenvalue weighted by Crippen LogP contribution is 2.34. The number of rotatable bonds is 7. The fraction of sp³-hybridized carbons (Fsp3) is 0.438. The summed E-state index contributed by atoms with van der Waals surface area (Å²) in [6.45, 7) is 14.6. The number of halogens is 1. The molecule has 0 saturated carbocycles. The van der Waals surface area contributed by atoms with Gasteiger partial charge in [-0.05, 0) is 66.1 Å². The Morgan fingerprint density at radius 3 is 1.14 bits per heavy atom. The number of benzene rings is 3. The summed E-state index contributed by atoms with van der Waals surface area (Å²) in [7, 11) is 6.64. The molecule has 0 aliphatic carbocycles. The SMILES string of the molecule is COc1cccc(C)c1C(C)C.COc1cccc(F)c1C(C)C.COc1cccc(OC)c1C(C)C. The second-order valence-electron chi connectivity index (χ2n) is 9.59. The Balaban J connectivity index is 0.000000278. The van der Waals surface area contributed by atoms with Crippen LogP contribution in [0, 0.1) is 12.7 Å². The monoisotopic (exact) mass is 512 g/mol. The molecule has 5 heteroatoms. The largest absolute Gasteiger partial charge is 0.496 e. The summed E-state index contributed by atoms with van der Waals surface area (Å²) < 4.78 is 34.1. The molecule has 204 valence electrons. The van der Waals surface area contributed by atoms with Crippen molar-refractivity contribution in [1.29, 1.82) is 0 Å². The maximum absolute atomic E-state index is 13.2. The zero-order valence-corrected chi connectivity index (χ0v) is 24.4. The van der Waals surface area contributed by atoms with Crippen molar-refractivity contribution >= 4 is 0 Å². The van der Waals surface area contributed by atoms with Gasteiger partial charge in [0, 0.05) is 11.1 Å². The molecule has 37 heavy (non-hydrogen) atoms. The molecule has 4 nitrogen and oxygen atoms in total. The minimum Gasteiger partial charge on any atom is -0.496 e. The molecule has 3 rings (SSSR count). The van der Waals surface area contributed by atoms with Crippen LogP contribution in [0.3, 0.4) is 0 Å². The normalized spacial score (nSPS) is 10.4. The Hall–Kier alpha value is -3.21. The standard InChI is InChI=1S/C11H16O2.C11H16O.C10H13FO/c1-8(2)11-9(12-3)6-5-7-10(11)13-4;1-8(2)11-9(3)6-5-7-10(11)12-4;1-7(2)10-8(11)5-4-6-9(10)12-3/h5-8H,1-4H3;5-8H,1-4H3;4-7H,1-3H3. The maximum atomic E-state index is 13.2. The fourth-order valence-corrected chi connectivity index (χ4v) is 4.28. The first-order valence-corrected chi connectivity index (χ1v) is 12.7. The van der Waals surface area contributed by atoms with Crippen LogP contribution in [-0.2, 0) is 0 Å². The van der Waals surface area contributed by atoms with E-state index in [1.807, 2.05) is 44.2 Å². The average Bonchev–Trinajstić information content (AvgIpc) is 2.87. The molecular weight excluding hydrogens is 467 g/mol. The van der Waals surface area contributed by atoms with Crippen LogP contribution in [0.4, 0.5) is 4.39 Å². The summed E-state index contributed by atoms with van der Waals surface area (Å²) in [6, 6.07) is 16.9. The van der Waals surface area contributed by atoms with Gasteiger partial charge in [0.1, 0.15) is 28.8 Å². The first kappa shape index (κ1) is 31.8. The van der Waals surface area contributed by atoms with E-state index in [-0.39, 0.29) is 11.7 Å². The number of methoxy groups -OCH3 is 4. The molecule has 0 aliphatic rings. The lowest BCUT2D eigenvalue weighted by Crippen LogP contribution is -1.98. The Bertz CT molecular complexity index is 1010. The summed E-state index contributed by atoms with van der Waals surface area (Å²) >= 11 is 0. The van der Waals surface area contributed by atoms with E-state index in [0.717, 1.165) is 22.8 Å². The molecule has 0 saturated heterocycles. The fourth-order valence-electron chi connectivity index (χ4n) is 4.28. The van der Waals surface area contributed by atoms with Crippen LogP contribution in [0.2, 0.25) is 0 Å². The molecular formula is C32H45FO4. The zero-order chi connectivity index (χ0) is 28.1. The van der Waals surface area contributed by atoms with Crippen LogP contribution in [-0.4, -0.2) is 28.4 Å². The van der Waals surface area contributed by atoms with Crippen molar-refractivity contribution in [1.82, 2.24) is 0 Å². The van der Waals surface area contributed by atoms with E-state index in [1.165, 1.54) is 17.2 Å². The third-order valence-corrected chi connectivity index (χ3v) is 5.93. The molecule has 0 aliphatic heterocycles. The summed E-state index contributed by atoms with van der Waals surface area (Å²) in [6.07, 6.45) is 0. The van der Waals surface area contributed by atoms with Gasteiger partial charge < -0.3 is 18.9 Å². The third-order valence-electron chi connectivity index (χ3n) is 5.93. The van der Waals surface area contributed by atoms with Crippen LogP contribution in [0.15, 0.2) is 54.6 Å². The quantitative estimate of drug-likeness (QED) is 0.317. The summed E-state index contributed by atoms with van der Waals surface area (Å²) in [5.74, 6) is 4.33. The van der Waals surface area contributed by atoms with E-state index in [0.29, 0.717) is 23.1 Å². The third kappa shape index (κ3) is 8.99. The second-order valence-corrected chi connectivity index (χ2v) is 9.59. The van der Waals surface area contributed by atoms with Crippen molar-refractivity contribution in [3.63, 3.8) is 0 Å². The highest BCUT2D eigenvalue weighted by Gasteiger charge is 2.13. The lowest BCUT2D eigenvalue weighted by molar-refractivity contribution is 0.382. The van der Waals surface area contributed by atoms with E-state index >= 15 is 0 Å². The molecule has 0 unspecified atom stereocenters. The number of hydrogen-bond acceptors (Lipinski definition) is 4. The average molecular weight is 513 g/mol. The van der Waals surface area contributed by atoms with Gasteiger partial charge in [-0.3, -0.25) is 0 Å². The number of hydrogen-bond donors (Lipinski definition) is 0. The molecule has 0 bridgehead atoms. The Morgan fingerprint density at radius 1 is 0.486 bits per heavy atom. The lowest BCUT2D eigenvalue weighted by atomic mass is 9.97. The van der Waals surface area contributed by atoms with Crippen LogP contribution in [0.1, 0.15) is 81.5 Å². The lowest BCUT2D eigenvalue weighted by Gasteiger charge is -2.15. The predicted molar refractivity (Wildman–Crippen MR) is 152 cm³/mol. The van der Waals surface area contributed by atoms with E-state index in [2.05, 4.69) is 40.7 Å². The van der Waals surface area contributed by atoms with Gasteiger partial charge in [0.15, 0.2) is 0 Å². The predicted octanol–water partition coefficient (Wildman–Crippen LogP) is 8.91. The van der Waals surface area contributed by atoms with Gasteiger partial charge in [0.25, 0.3) is 0 Å². The molecule has 3 aromatic carbocycles. The Morgan fingerprint density at radius 2 is 0.811 bits per heavy atom. The molecule has 0 N–H and O–H groups in total. The first-order valence-electron chi connectivity index (χ1n) is 12.7. The van der Waals surface area contributed by atoms with Gasteiger partial charge in [-0.15, -0.1) is 0 Å². The molecule has 0 aromatic heterocycles. The van der Waals surface area contributed by atoms with Gasteiger partial charge >= 0.3 is 0 Å². The van der Waals surface area contributed by atoms with Gasteiger partial charge in [-0.25, -0.2) is 4.39 Å². The number of aryl methyl sites for hydroxylation is 1. The highest BCUT2D eigenvalue weighted by molar-refractivity contribution is 5.46. The van der Waals surface area contributed by atoms with Crippen molar-refractivity contribution in [3.8, 4) is 23.0 Å². The van der Waals surface area contributed by atoms with Crippen LogP contribution < -0.4 is 18.9 Å². The number of ether oxygens (including phenoxy) is 4. The van der Waals surface area contributed by atoms with E-state index < -0.39 is 0 Å². The zero-order valence-electron chi connectivity index (χ0n) is 24.4. The van der Waals surface area contributed by atoms with Crippen molar-refractivity contribution in [3.05, 3.63) is 82.7 Å². The van der Waals surface area contributed by atoms with Crippen LogP contribution >= 0.6 is 0 Å². The molecule has 3 aromatic rings. The highest BCUT2D eigenvalue weighted by atomic mass is 19.1. The topological polar surface area (TPSA) is 36.9 Å². The Labute approximate surface area is 223 Å². The summed E-state index contributed by atoms with van der Waals surface area (Å²) in [4.78, 5) is 0. The van der Waals surface area contributed by atoms with E-state index in [4.69, 9.17) is 18.9 Å². The van der Waals surface area contributed by atoms with Crippen LogP contribution in [0.5, 0.6) is 23.0 Å². The van der Waals surface area contributed by atoms with Crippen molar-refractivity contribution < 1.29 is 23.3 Å². The van der Waals surface area contributed by atoms with Gasteiger partial charge in [0.2, 0.25) is 0 Å². The molecule has 0 heterocycles. The molecule has 0 radical (unpaired) electrons. The minimum atomic E-state index is -0.190. The summed E-state index contributed by atoms with van der Waals surface area (Å²) in [5, 5.41) is 0. The first-order chi connectivity index (χ1) is 17.5. The van der Waals surface area contributed by atoms with Gasteiger partial charge in [-0.1, -0.05) is 65.8 Å². The van der Waals surface area contributed by atoms with Gasteiger partial charge in [-0.2, -0.15) is 0 Å². The van der Waals surface area contributed by atoms with Crippen molar-refractivity contribution in [2.24, 2.45) is 0 Å².